The highest BCUT2D eigenvalue weighted by Gasteiger charge is 2.22. The zero-order chi connectivity index (χ0) is 19.2. The van der Waals surface area contributed by atoms with E-state index in [0.717, 1.165) is 30.6 Å². The normalized spacial score (nSPS) is 12.9. The van der Waals surface area contributed by atoms with Crippen molar-refractivity contribution in [1.29, 1.82) is 0 Å². The number of fused-ring (bicyclic) bond motifs is 1. The van der Waals surface area contributed by atoms with Crippen molar-refractivity contribution in [1.82, 2.24) is 20.8 Å². The second kappa shape index (κ2) is 10.2. The van der Waals surface area contributed by atoms with Gasteiger partial charge in [0.05, 0.1) is 6.61 Å². The molecule has 2 aromatic rings. The Morgan fingerprint density at radius 2 is 2.21 bits per heavy atom. The van der Waals surface area contributed by atoms with Gasteiger partial charge in [0, 0.05) is 48.9 Å². The number of carbonyl (C=O) groups excluding carboxylic acids is 1. The predicted molar refractivity (Wildman–Crippen MR) is 101 cm³/mol. The van der Waals surface area contributed by atoms with Crippen LogP contribution in [0.5, 0.6) is 11.5 Å². The molecule has 0 spiro atoms. The van der Waals surface area contributed by atoms with Crippen molar-refractivity contribution < 1.29 is 23.0 Å². The van der Waals surface area contributed by atoms with Gasteiger partial charge in [-0.3, -0.25) is 9.89 Å². The van der Waals surface area contributed by atoms with Crippen LogP contribution < -0.4 is 20.1 Å². The Labute approximate surface area is 167 Å². The van der Waals surface area contributed by atoms with Crippen molar-refractivity contribution >= 4 is 18.3 Å². The molecule has 0 bridgehead atoms. The molecule has 1 amide bonds. The van der Waals surface area contributed by atoms with E-state index < -0.39 is 6.61 Å². The number of hydrogen-bond acceptors (Lipinski definition) is 5. The van der Waals surface area contributed by atoms with Gasteiger partial charge < -0.3 is 20.1 Å². The van der Waals surface area contributed by atoms with Crippen molar-refractivity contribution in [3.63, 3.8) is 0 Å². The lowest BCUT2D eigenvalue weighted by atomic mass is 10.1. The third-order valence-electron chi connectivity index (χ3n) is 4.19. The van der Waals surface area contributed by atoms with Gasteiger partial charge >= 0.3 is 6.61 Å². The van der Waals surface area contributed by atoms with Crippen LogP contribution in [-0.4, -0.2) is 35.9 Å². The molecule has 1 aromatic carbocycles. The van der Waals surface area contributed by atoms with E-state index in [0.29, 0.717) is 30.2 Å². The summed E-state index contributed by atoms with van der Waals surface area (Å²) in [6, 6.07) is 4.67. The van der Waals surface area contributed by atoms with Crippen LogP contribution in [0.1, 0.15) is 40.7 Å². The molecule has 1 aromatic heterocycles. The molecule has 0 atom stereocenters. The minimum atomic E-state index is -2.97. The average molecular weight is 417 g/mol. The molecule has 10 heteroatoms. The maximum Gasteiger partial charge on any atom is 0.387 e. The number of ether oxygens (including phenoxy) is 2. The number of amides is 1. The van der Waals surface area contributed by atoms with Crippen molar-refractivity contribution in [3.05, 3.63) is 40.7 Å². The van der Waals surface area contributed by atoms with E-state index in [1.165, 1.54) is 6.07 Å². The molecular weight excluding hydrogens is 394 g/mol. The summed E-state index contributed by atoms with van der Waals surface area (Å²) in [5.41, 5.74) is 2.52. The first-order valence-corrected chi connectivity index (χ1v) is 8.84. The third kappa shape index (κ3) is 5.32. The van der Waals surface area contributed by atoms with Crippen LogP contribution in [0, 0.1) is 0 Å². The van der Waals surface area contributed by atoms with Gasteiger partial charge in [0.1, 0.15) is 11.5 Å². The molecular formula is C18H23ClF2N4O3. The van der Waals surface area contributed by atoms with E-state index in [1.807, 2.05) is 6.92 Å². The average Bonchev–Trinajstić information content (AvgIpc) is 3.09. The molecule has 0 saturated carbocycles. The number of benzene rings is 1. The molecule has 3 N–H and O–H groups in total. The standard InChI is InChI=1S/C18H22F2N4O3.ClH/c1-2-7-26-12-4-3-11(15(8-12)27-18(19)20)9-22-17(25)16-13-10-21-6-5-14(13)23-24-16;/h3-4,8,18,21H,2,5-7,9-10H2,1H3,(H,22,25)(H,23,24);1H. The fourth-order valence-electron chi connectivity index (χ4n) is 2.87. The Hall–Kier alpha value is -2.39. The molecule has 0 radical (unpaired) electrons. The largest absolute Gasteiger partial charge is 0.493 e. The monoisotopic (exact) mass is 416 g/mol. The van der Waals surface area contributed by atoms with Gasteiger partial charge in [0.2, 0.25) is 0 Å². The zero-order valence-electron chi connectivity index (χ0n) is 15.4. The lowest BCUT2D eigenvalue weighted by molar-refractivity contribution is -0.0505. The van der Waals surface area contributed by atoms with Crippen LogP contribution in [0.4, 0.5) is 8.78 Å². The van der Waals surface area contributed by atoms with Crippen molar-refractivity contribution in [3.8, 4) is 11.5 Å². The molecule has 1 aliphatic rings. The molecule has 154 valence electrons. The summed E-state index contributed by atoms with van der Waals surface area (Å²) in [6.45, 7) is 0.885. The van der Waals surface area contributed by atoms with Gasteiger partial charge in [0.15, 0.2) is 5.69 Å². The van der Waals surface area contributed by atoms with Crippen LogP contribution in [0.2, 0.25) is 0 Å². The summed E-state index contributed by atoms with van der Waals surface area (Å²) in [5, 5.41) is 12.9. The summed E-state index contributed by atoms with van der Waals surface area (Å²) in [5.74, 6) is 0.0464. The van der Waals surface area contributed by atoms with Gasteiger partial charge in [-0.1, -0.05) is 6.92 Å². The first-order chi connectivity index (χ1) is 13.1. The Kier molecular flexibility index (Phi) is 8.01. The maximum atomic E-state index is 12.7. The molecule has 0 unspecified atom stereocenters. The molecule has 2 heterocycles. The third-order valence-corrected chi connectivity index (χ3v) is 4.19. The minimum Gasteiger partial charge on any atom is -0.493 e. The highest BCUT2D eigenvalue weighted by atomic mass is 35.5. The Morgan fingerprint density at radius 3 is 2.96 bits per heavy atom. The Morgan fingerprint density at radius 1 is 1.39 bits per heavy atom. The van der Waals surface area contributed by atoms with E-state index >= 15 is 0 Å². The van der Waals surface area contributed by atoms with Crippen molar-refractivity contribution in [2.45, 2.75) is 39.5 Å². The Balaban J connectivity index is 0.00000280. The number of rotatable bonds is 8. The van der Waals surface area contributed by atoms with Gasteiger partial charge in [-0.2, -0.15) is 13.9 Å². The number of aromatic amines is 1. The van der Waals surface area contributed by atoms with E-state index in [4.69, 9.17) is 4.74 Å². The second-order valence-corrected chi connectivity index (χ2v) is 6.14. The van der Waals surface area contributed by atoms with Crippen molar-refractivity contribution in [2.75, 3.05) is 13.2 Å². The number of nitrogens with zero attached hydrogens (tertiary/aromatic N) is 1. The van der Waals surface area contributed by atoms with Gasteiger partial charge in [-0.25, -0.2) is 0 Å². The summed E-state index contributed by atoms with van der Waals surface area (Å²) in [7, 11) is 0. The SMILES string of the molecule is CCCOc1ccc(CNC(=O)c2n[nH]c3c2CNCC3)c(OC(F)F)c1.Cl. The first kappa shape index (κ1) is 21.9. The number of nitrogens with one attached hydrogen (secondary N) is 3. The molecule has 0 saturated heterocycles. The van der Waals surface area contributed by atoms with Crippen LogP contribution in [0.25, 0.3) is 0 Å². The molecule has 0 fully saturated rings. The topological polar surface area (TPSA) is 88.3 Å². The van der Waals surface area contributed by atoms with Crippen molar-refractivity contribution in [2.24, 2.45) is 0 Å². The van der Waals surface area contributed by atoms with Gasteiger partial charge in [-0.05, 0) is 18.6 Å². The van der Waals surface area contributed by atoms with E-state index in [1.54, 1.807) is 12.1 Å². The number of H-pyrrole nitrogens is 1. The first-order valence-electron chi connectivity index (χ1n) is 8.84. The molecule has 7 nitrogen and oxygen atoms in total. The van der Waals surface area contributed by atoms with E-state index in [9.17, 15) is 13.6 Å². The summed E-state index contributed by atoms with van der Waals surface area (Å²) >= 11 is 0. The fraction of sp³-hybridized carbons (Fsp3) is 0.444. The lowest BCUT2D eigenvalue weighted by Crippen LogP contribution is -2.28. The number of halogens is 3. The highest BCUT2D eigenvalue weighted by molar-refractivity contribution is 5.94. The minimum absolute atomic E-state index is 0. The van der Waals surface area contributed by atoms with Gasteiger partial charge in [0.25, 0.3) is 5.91 Å². The molecule has 1 aliphatic heterocycles. The number of carbonyl (C=O) groups is 1. The maximum absolute atomic E-state index is 12.7. The van der Waals surface area contributed by atoms with Crippen LogP contribution in [0.15, 0.2) is 18.2 Å². The molecule has 28 heavy (non-hydrogen) atoms. The zero-order valence-corrected chi connectivity index (χ0v) is 16.2. The predicted octanol–water partition coefficient (Wildman–Crippen LogP) is 2.80. The second-order valence-electron chi connectivity index (χ2n) is 6.14. The van der Waals surface area contributed by atoms with E-state index in [2.05, 4.69) is 25.6 Å². The number of alkyl halides is 2. The number of aromatic nitrogens is 2. The lowest BCUT2D eigenvalue weighted by Gasteiger charge is -2.15. The molecule has 0 aliphatic carbocycles. The quantitative estimate of drug-likeness (QED) is 0.616. The highest BCUT2D eigenvalue weighted by Crippen LogP contribution is 2.27. The summed E-state index contributed by atoms with van der Waals surface area (Å²) in [6.07, 6.45) is 1.58. The summed E-state index contributed by atoms with van der Waals surface area (Å²) in [4.78, 5) is 12.5. The molecule has 3 rings (SSSR count). The smallest absolute Gasteiger partial charge is 0.387 e. The fourth-order valence-corrected chi connectivity index (χ4v) is 2.87. The van der Waals surface area contributed by atoms with Crippen LogP contribution >= 0.6 is 12.4 Å². The van der Waals surface area contributed by atoms with E-state index in [-0.39, 0.29) is 30.6 Å². The number of hydrogen-bond donors (Lipinski definition) is 3. The summed E-state index contributed by atoms with van der Waals surface area (Å²) < 4.78 is 35.5. The Bertz CT molecular complexity index is 801. The van der Waals surface area contributed by atoms with Crippen LogP contribution in [0.3, 0.4) is 0 Å². The van der Waals surface area contributed by atoms with Crippen LogP contribution in [-0.2, 0) is 19.5 Å². The van der Waals surface area contributed by atoms with Gasteiger partial charge in [-0.15, -0.1) is 12.4 Å².